The van der Waals surface area contributed by atoms with Gasteiger partial charge in [-0.2, -0.15) is 0 Å². The molecule has 1 aliphatic carbocycles. The fourth-order valence-corrected chi connectivity index (χ4v) is 4.92. The molecule has 1 saturated carbocycles. The van der Waals surface area contributed by atoms with Crippen LogP contribution in [0.4, 0.5) is 0 Å². The maximum Gasteiger partial charge on any atom is 0.287 e. The molecule has 1 saturated heterocycles. The van der Waals surface area contributed by atoms with Gasteiger partial charge in [0.05, 0.1) is 26.0 Å². The van der Waals surface area contributed by atoms with Gasteiger partial charge in [-0.25, -0.2) is 0 Å². The van der Waals surface area contributed by atoms with E-state index < -0.39 is 11.9 Å². The number of nitrogens with zero attached hydrogens (tertiary/aromatic N) is 1. The molecule has 9 heteroatoms. The highest BCUT2D eigenvalue weighted by molar-refractivity contribution is 5.95. The molecule has 2 atom stereocenters. The molecule has 0 unspecified atom stereocenters. The molecule has 3 amide bonds. The molecule has 1 aliphatic heterocycles. The van der Waals surface area contributed by atoms with Crippen LogP contribution in [0.15, 0.2) is 47.1 Å². The molecule has 0 radical (unpaired) electrons. The predicted molar refractivity (Wildman–Crippen MR) is 132 cm³/mol. The molecular formula is C27H35N3O6. The number of nitrogens with one attached hydrogen (secondary N) is 2. The zero-order valence-electron chi connectivity index (χ0n) is 20.7. The number of rotatable bonds is 10. The Morgan fingerprint density at radius 2 is 1.92 bits per heavy atom. The summed E-state index contributed by atoms with van der Waals surface area (Å²) in [5.41, 5.74) is 0.645. The van der Waals surface area contributed by atoms with Crippen LogP contribution >= 0.6 is 0 Å². The van der Waals surface area contributed by atoms with Gasteiger partial charge in [0.25, 0.3) is 5.91 Å². The number of carbonyl (C=O) groups excluding carboxylic acids is 3. The standard InChI is InChI=1S/C27H35N3O6/c1-34-21-11-5-8-19(16-21)25(27(33)29-20-9-3-2-4-10-20)30(18-22-12-6-14-35-22)24(31)17-28-26(32)23-13-7-15-36-23/h5,7-8,11,13,15-16,20,22,25H,2-4,6,9-10,12,14,17-18H2,1H3,(H,28,32)(H,29,33)/t22-,25+/m1/s1. The van der Waals surface area contributed by atoms with Gasteiger partial charge in [-0.3, -0.25) is 14.4 Å². The first-order valence-electron chi connectivity index (χ1n) is 12.7. The molecule has 1 aromatic carbocycles. The lowest BCUT2D eigenvalue weighted by Gasteiger charge is -2.34. The van der Waals surface area contributed by atoms with E-state index in [1.807, 2.05) is 12.1 Å². The van der Waals surface area contributed by atoms with Crippen molar-refractivity contribution in [3.05, 3.63) is 54.0 Å². The smallest absolute Gasteiger partial charge is 0.287 e. The Morgan fingerprint density at radius 3 is 2.61 bits per heavy atom. The van der Waals surface area contributed by atoms with Crippen LogP contribution in [0, 0.1) is 0 Å². The highest BCUT2D eigenvalue weighted by atomic mass is 16.5. The highest BCUT2D eigenvalue weighted by Gasteiger charge is 2.35. The van der Waals surface area contributed by atoms with Crippen LogP contribution < -0.4 is 15.4 Å². The van der Waals surface area contributed by atoms with Crippen molar-refractivity contribution < 1.29 is 28.3 Å². The number of hydrogen-bond donors (Lipinski definition) is 2. The van der Waals surface area contributed by atoms with Crippen LogP contribution in [-0.2, 0) is 14.3 Å². The number of benzene rings is 1. The minimum Gasteiger partial charge on any atom is -0.497 e. The van der Waals surface area contributed by atoms with Crippen molar-refractivity contribution in [2.75, 3.05) is 26.8 Å². The summed E-state index contributed by atoms with van der Waals surface area (Å²) < 4.78 is 16.4. The van der Waals surface area contributed by atoms with E-state index in [0.29, 0.717) is 17.9 Å². The molecule has 9 nitrogen and oxygen atoms in total. The van der Waals surface area contributed by atoms with Crippen molar-refractivity contribution >= 4 is 17.7 Å². The molecule has 2 N–H and O–H groups in total. The van der Waals surface area contributed by atoms with E-state index in [4.69, 9.17) is 13.9 Å². The largest absolute Gasteiger partial charge is 0.497 e. The van der Waals surface area contributed by atoms with Gasteiger partial charge >= 0.3 is 0 Å². The SMILES string of the molecule is COc1cccc([C@@H](C(=O)NC2CCCCC2)N(C[C@H]2CCCO2)C(=O)CNC(=O)c2ccco2)c1. The van der Waals surface area contributed by atoms with Gasteiger partial charge in [0.2, 0.25) is 11.8 Å². The van der Waals surface area contributed by atoms with Crippen molar-refractivity contribution in [1.82, 2.24) is 15.5 Å². The maximum atomic E-state index is 13.8. The summed E-state index contributed by atoms with van der Waals surface area (Å²) in [4.78, 5) is 41.3. The third kappa shape index (κ3) is 6.66. The summed E-state index contributed by atoms with van der Waals surface area (Å²) in [7, 11) is 1.57. The van der Waals surface area contributed by atoms with Crippen LogP contribution in [0.3, 0.4) is 0 Å². The lowest BCUT2D eigenvalue weighted by molar-refractivity contribution is -0.142. The molecular weight excluding hydrogens is 462 g/mol. The Morgan fingerprint density at radius 1 is 1.08 bits per heavy atom. The minimum absolute atomic E-state index is 0.0812. The summed E-state index contributed by atoms with van der Waals surface area (Å²) in [6, 6.07) is 9.54. The minimum atomic E-state index is -0.890. The Kier molecular flexibility index (Phi) is 9.00. The molecule has 2 fully saturated rings. The second-order valence-electron chi connectivity index (χ2n) is 9.36. The van der Waals surface area contributed by atoms with Gasteiger partial charge in [-0.05, 0) is 55.5 Å². The van der Waals surface area contributed by atoms with Crippen molar-refractivity contribution in [2.45, 2.75) is 63.1 Å². The van der Waals surface area contributed by atoms with Crippen molar-refractivity contribution in [1.29, 1.82) is 0 Å². The zero-order chi connectivity index (χ0) is 25.3. The lowest BCUT2D eigenvalue weighted by Crippen LogP contribution is -2.51. The molecule has 1 aromatic heterocycles. The fraction of sp³-hybridized carbons (Fsp3) is 0.519. The average Bonchev–Trinajstić information content (AvgIpc) is 3.62. The van der Waals surface area contributed by atoms with Crippen molar-refractivity contribution in [3.8, 4) is 5.75 Å². The van der Waals surface area contributed by atoms with E-state index in [2.05, 4.69) is 10.6 Å². The Bertz CT molecular complexity index is 1010. The third-order valence-corrected chi connectivity index (χ3v) is 6.81. The van der Waals surface area contributed by atoms with Gasteiger partial charge < -0.3 is 29.4 Å². The molecule has 2 aromatic rings. The van der Waals surface area contributed by atoms with E-state index in [0.717, 1.165) is 38.5 Å². The first kappa shape index (κ1) is 25.8. The van der Waals surface area contributed by atoms with Crippen LogP contribution in [-0.4, -0.2) is 61.6 Å². The van der Waals surface area contributed by atoms with E-state index in [1.54, 1.807) is 25.3 Å². The topological polar surface area (TPSA) is 110 Å². The molecule has 2 heterocycles. The number of methoxy groups -OCH3 is 1. The number of hydrogen-bond acceptors (Lipinski definition) is 6. The predicted octanol–water partition coefficient (Wildman–Crippen LogP) is 3.22. The van der Waals surface area contributed by atoms with Gasteiger partial charge in [-0.1, -0.05) is 31.4 Å². The maximum absolute atomic E-state index is 13.8. The average molecular weight is 498 g/mol. The van der Waals surface area contributed by atoms with Crippen LogP contribution in [0.5, 0.6) is 5.75 Å². The summed E-state index contributed by atoms with van der Waals surface area (Å²) in [6.45, 7) is 0.596. The third-order valence-electron chi connectivity index (χ3n) is 6.81. The van der Waals surface area contributed by atoms with E-state index in [-0.39, 0.29) is 42.8 Å². The normalized spacial score (nSPS) is 18.9. The van der Waals surface area contributed by atoms with E-state index in [9.17, 15) is 14.4 Å². The van der Waals surface area contributed by atoms with Gasteiger partial charge in [0, 0.05) is 19.2 Å². The fourth-order valence-electron chi connectivity index (χ4n) is 4.92. The molecule has 0 spiro atoms. The molecule has 0 bridgehead atoms. The van der Waals surface area contributed by atoms with E-state index in [1.165, 1.54) is 23.7 Å². The van der Waals surface area contributed by atoms with Crippen LogP contribution in [0.1, 0.15) is 67.1 Å². The van der Waals surface area contributed by atoms with Gasteiger partial charge in [0.1, 0.15) is 11.8 Å². The monoisotopic (exact) mass is 497 g/mol. The van der Waals surface area contributed by atoms with Gasteiger partial charge in [-0.15, -0.1) is 0 Å². The quantitative estimate of drug-likeness (QED) is 0.522. The first-order chi connectivity index (χ1) is 17.5. The van der Waals surface area contributed by atoms with Crippen molar-refractivity contribution in [3.63, 3.8) is 0 Å². The van der Waals surface area contributed by atoms with Gasteiger partial charge in [0.15, 0.2) is 5.76 Å². The highest BCUT2D eigenvalue weighted by Crippen LogP contribution is 2.28. The molecule has 194 valence electrons. The number of carbonyl (C=O) groups is 3. The molecule has 2 aliphatic rings. The van der Waals surface area contributed by atoms with E-state index >= 15 is 0 Å². The lowest BCUT2D eigenvalue weighted by atomic mass is 9.94. The first-order valence-corrected chi connectivity index (χ1v) is 12.7. The summed E-state index contributed by atoms with van der Waals surface area (Å²) >= 11 is 0. The van der Waals surface area contributed by atoms with Crippen LogP contribution in [0.25, 0.3) is 0 Å². The second kappa shape index (κ2) is 12.6. The number of furan rings is 1. The van der Waals surface area contributed by atoms with Crippen molar-refractivity contribution in [2.24, 2.45) is 0 Å². The van der Waals surface area contributed by atoms with Crippen LogP contribution in [0.2, 0.25) is 0 Å². The molecule has 4 rings (SSSR count). The second-order valence-corrected chi connectivity index (χ2v) is 9.36. The Labute approximate surface area is 211 Å². The Balaban J connectivity index is 1.60. The summed E-state index contributed by atoms with van der Waals surface area (Å²) in [6.07, 6.45) is 8.10. The molecule has 36 heavy (non-hydrogen) atoms. The number of ether oxygens (including phenoxy) is 2. The number of amides is 3. The summed E-state index contributed by atoms with van der Waals surface area (Å²) in [5.74, 6) is -0.391. The summed E-state index contributed by atoms with van der Waals surface area (Å²) in [5, 5.41) is 5.80. The zero-order valence-corrected chi connectivity index (χ0v) is 20.7. The Hall–Kier alpha value is -3.33.